The summed E-state index contributed by atoms with van der Waals surface area (Å²) in [6.07, 6.45) is -2.32. The van der Waals surface area contributed by atoms with Gasteiger partial charge in [-0.3, -0.25) is 4.79 Å². The van der Waals surface area contributed by atoms with Gasteiger partial charge in [-0.1, -0.05) is 12.1 Å². The molecule has 0 atom stereocenters. The van der Waals surface area contributed by atoms with Crippen LogP contribution in [0.15, 0.2) is 24.3 Å². The first-order valence-electron chi connectivity index (χ1n) is 5.56. The van der Waals surface area contributed by atoms with Gasteiger partial charge in [-0.2, -0.15) is 13.2 Å². The number of aliphatic carboxylic acids is 1. The lowest BCUT2D eigenvalue weighted by atomic mass is 10.0. The van der Waals surface area contributed by atoms with Crippen molar-refractivity contribution in [2.45, 2.75) is 13.1 Å². The molecule has 0 fully saturated rings. The van der Waals surface area contributed by atoms with Gasteiger partial charge < -0.3 is 10.4 Å². The molecule has 0 aliphatic heterocycles. The zero-order valence-corrected chi connectivity index (χ0v) is 10.5. The molecule has 20 heavy (non-hydrogen) atoms. The second kappa shape index (κ2) is 6.23. The van der Waals surface area contributed by atoms with E-state index in [1.807, 2.05) is 0 Å². The molecule has 0 aromatic heterocycles. The van der Waals surface area contributed by atoms with Crippen molar-refractivity contribution in [3.05, 3.63) is 41.0 Å². The van der Waals surface area contributed by atoms with Crippen LogP contribution in [0.1, 0.15) is 21.5 Å². The molecule has 1 amide bonds. The van der Waals surface area contributed by atoms with Crippen LogP contribution in [0.5, 0.6) is 0 Å². The quantitative estimate of drug-likeness (QED) is 0.836. The summed E-state index contributed by atoms with van der Waals surface area (Å²) in [6.45, 7) is 0.116. The Morgan fingerprint density at radius 1 is 1.35 bits per heavy atom. The van der Waals surface area contributed by atoms with Gasteiger partial charge in [-0.05, 0) is 30.2 Å². The van der Waals surface area contributed by atoms with Crippen LogP contribution in [0.4, 0.5) is 13.2 Å². The lowest BCUT2D eigenvalue weighted by Crippen LogP contribution is -2.34. The highest BCUT2D eigenvalue weighted by Crippen LogP contribution is 2.17. The van der Waals surface area contributed by atoms with Gasteiger partial charge in [0.25, 0.3) is 5.91 Å². The molecule has 108 valence electrons. The Labute approximate surface area is 112 Å². The Morgan fingerprint density at radius 3 is 2.55 bits per heavy atom. The van der Waals surface area contributed by atoms with E-state index in [9.17, 15) is 22.8 Å². The second-order valence-corrected chi connectivity index (χ2v) is 3.99. The molecule has 0 aliphatic rings. The van der Waals surface area contributed by atoms with Crippen molar-refractivity contribution in [3.63, 3.8) is 0 Å². The number of hydrogen-bond donors (Lipinski definition) is 2. The number of carboxylic acids is 1. The summed E-state index contributed by atoms with van der Waals surface area (Å²) in [5.41, 5.74) is 0.929. The molecule has 1 rings (SSSR count). The summed E-state index contributed by atoms with van der Waals surface area (Å²) >= 11 is 0. The molecule has 0 radical (unpaired) electrons. The summed E-state index contributed by atoms with van der Waals surface area (Å²) in [4.78, 5) is 22.1. The maximum Gasteiger partial charge on any atom is 0.405 e. The average molecular weight is 287 g/mol. The molecule has 2 N–H and O–H groups in total. The third-order valence-electron chi connectivity index (χ3n) is 2.48. The summed E-state index contributed by atoms with van der Waals surface area (Å²) in [5, 5.41) is 10.3. The number of alkyl halides is 3. The van der Waals surface area contributed by atoms with Gasteiger partial charge in [0.1, 0.15) is 6.54 Å². The molecular formula is C13H12F3NO3. The molecule has 0 spiro atoms. The number of halogens is 3. The van der Waals surface area contributed by atoms with Crippen LogP contribution in [-0.2, 0) is 4.79 Å². The Kier molecular flexibility index (Phi) is 4.90. The molecule has 0 aliphatic carbocycles. The lowest BCUT2D eigenvalue weighted by Gasteiger charge is -2.11. The molecule has 0 saturated heterocycles. The summed E-state index contributed by atoms with van der Waals surface area (Å²) in [6, 6.07) is 4.41. The summed E-state index contributed by atoms with van der Waals surface area (Å²) in [5.74, 6) is -2.01. The van der Waals surface area contributed by atoms with E-state index in [-0.39, 0.29) is 5.56 Å². The minimum absolute atomic E-state index is 0.0711. The van der Waals surface area contributed by atoms with Crippen LogP contribution in [0.3, 0.4) is 0 Å². The van der Waals surface area contributed by atoms with Gasteiger partial charge in [-0.25, -0.2) is 4.79 Å². The first-order chi connectivity index (χ1) is 9.20. The number of carboxylic acid groups (broad SMARTS) is 1. The van der Waals surface area contributed by atoms with Crippen molar-refractivity contribution in [1.29, 1.82) is 0 Å². The standard InChI is InChI=1S/C13H12F3NO3/c1-8-9(5-6-11(18)19)3-2-4-10(8)12(20)17-7-13(14,15)16/h2-6H,7H2,1H3,(H,17,20)(H,18,19). The maximum atomic E-state index is 12.0. The molecule has 4 nitrogen and oxygen atoms in total. The highest BCUT2D eigenvalue weighted by atomic mass is 19.4. The molecule has 1 aromatic carbocycles. The predicted octanol–water partition coefficient (Wildman–Crippen LogP) is 2.38. The Morgan fingerprint density at radius 2 is 2.00 bits per heavy atom. The zero-order valence-electron chi connectivity index (χ0n) is 10.5. The van der Waals surface area contributed by atoms with E-state index in [0.717, 1.165) is 6.08 Å². The molecular weight excluding hydrogens is 275 g/mol. The maximum absolute atomic E-state index is 12.0. The number of benzene rings is 1. The van der Waals surface area contributed by atoms with Crippen LogP contribution < -0.4 is 5.32 Å². The van der Waals surface area contributed by atoms with Crippen LogP contribution in [0, 0.1) is 6.92 Å². The fourth-order valence-electron chi connectivity index (χ4n) is 1.52. The van der Waals surface area contributed by atoms with Crippen molar-refractivity contribution in [3.8, 4) is 0 Å². The molecule has 1 aromatic rings. The molecule has 7 heteroatoms. The smallest absolute Gasteiger partial charge is 0.405 e. The van der Waals surface area contributed by atoms with E-state index in [0.29, 0.717) is 11.1 Å². The van der Waals surface area contributed by atoms with Crippen LogP contribution in [0.2, 0.25) is 0 Å². The van der Waals surface area contributed by atoms with Gasteiger partial charge in [0.15, 0.2) is 0 Å². The van der Waals surface area contributed by atoms with E-state index in [1.54, 1.807) is 11.4 Å². The minimum atomic E-state index is -4.48. The largest absolute Gasteiger partial charge is 0.478 e. The van der Waals surface area contributed by atoms with Crippen molar-refractivity contribution < 1.29 is 27.9 Å². The van der Waals surface area contributed by atoms with E-state index in [4.69, 9.17) is 5.11 Å². The van der Waals surface area contributed by atoms with Crippen molar-refractivity contribution in [2.75, 3.05) is 6.54 Å². The van der Waals surface area contributed by atoms with Crippen LogP contribution >= 0.6 is 0 Å². The highest BCUT2D eigenvalue weighted by Gasteiger charge is 2.28. The molecule has 0 unspecified atom stereocenters. The zero-order chi connectivity index (χ0) is 15.3. The summed E-state index contributed by atoms with van der Waals surface area (Å²) in [7, 11) is 0. The van der Waals surface area contributed by atoms with Gasteiger partial charge >= 0.3 is 12.1 Å². The second-order valence-electron chi connectivity index (χ2n) is 3.99. The Hall–Kier alpha value is -2.31. The number of rotatable bonds is 4. The van der Waals surface area contributed by atoms with Crippen molar-refractivity contribution >= 4 is 18.0 Å². The third-order valence-corrected chi connectivity index (χ3v) is 2.48. The highest BCUT2D eigenvalue weighted by molar-refractivity contribution is 5.97. The van der Waals surface area contributed by atoms with Gasteiger partial charge in [0.2, 0.25) is 0 Å². The number of nitrogens with one attached hydrogen (secondary N) is 1. The normalized spacial score (nSPS) is 11.6. The Balaban J connectivity index is 2.94. The number of amides is 1. The lowest BCUT2D eigenvalue weighted by molar-refractivity contribution is -0.131. The van der Waals surface area contributed by atoms with Gasteiger partial charge in [0, 0.05) is 11.6 Å². The first kappa shape index (κ1) is 15.7. The minimum Gasteiger partial charge on any atom is -0.478 e. The van der Waals surface area contributed by atoms with Gasteiger partial charge in [-0.15, -0.1) is 0 Å². The topological polar surface area (TPSA) is 66.4 Å². The van der Waals surface area contributed by atoms with Crippen molar-refractivity contribution in [1.82, 2.24) is 5.32 Å². The van der Waals surface area contributed by atoms with Crippen LogP contribution in [-0.4, -0.2) is 29.7 Å². The van der Waals surface area contributed by atoms with Crippen LogP contribution in [0.25, 0.3) is 6.08 Å². The summed E-state index contributed by atoms with van der Waals surface area (Å²) < 4.78 is 36.1. The third kappa shape index (κ3) is 4.75. The fourth-order valence-corrected chi connectivity index (χ4v) is 1.52. The van der Waals surface area contributed by atoms with E-state index < -0.39 is 24.6 Å². The number of carbonyl (C=O) groups is 2. The molecule has 0 heterocycles. The molecule has 0 bridgehead atoms. The van der Waals surface area contributed by atoms with E-state index >= 15 is 0 Å². The van der Waals surface area contributed by atoms with E-state index in [2.05, 4.69) is 0 Å². The van der Waals surface area contributed by atoms with Crippen molar-refractivity contribution in [2.24, 2.45) is 0 Å². The monoisotopic (exact) mass is 287 g/mol. The predicted molar refractivity (Wildman–Crippen MR) is 66.2 cm³/mol. The SMILES string of the molecule is Cc1c(C=CC(=O)O)cccc1C(=O)NCC(F)(F)F. The fraction of sp³-hybridized carbons (Fsp3) is 0.231. The number of carbonyl (C=O) groups excluding carboxylic acids is 1. The van der Waals surface area contributed by atoms with Gasteiger partial charge in [0.05, 0.1) is 0 Å². The Bertz CT molecular complexity index is 550. The van der Waals surface area contributed by atoms with E-state index in [1.165, 1.54) is 25.1 Å². The first-order valence-corrected chi connectivity index (χ1v) is 5.56. The average Bonchev–Trinajstić information content (AvgIpc) is 2.33. The number of hydrogen-bond acceptors (Lipinski definition) is 2. The molecule has 0 saturated carbocycles.